The van der Waals surface area contributed by atoms with Gasteiger partial charge < -0.3 is 4.74 Å². The Labute approximate surface area is 310 Å². The van der Waals surface area contributed by atoms with Crippen LogP contribution in [0.1, 0.15) is 277 Å². The van der Waals surface area contributed by atoms with Crippen LogP contribution in [0.5, 0.6) is 0 Å². The first-order valence-electron chi connectivity index (χ1n) is 23.1. The molecule has 292 valence electrons. The Bertz CT molecular complexity index is 626. The van der Waals surface area contributed by atoms with E-state index in [4.69, 9.17) is 4.74 Å². The summed E-state index contributed by atoms with van der Waals surface area (Å²) in [6, 6.07) is 0. The number of esters is 1. The van der Waals surface area contributed by atoms with Crippen LogP contribution in [0.2, 0.25) is 0 Å². The molecule has 0 aliphatic carbocycles. The first kappa shape index (κ1) is 48.2. The summed E-state index contributed by atoms with van der Waals surface area (Å²) in [5.41, 5.74) is 0. The fraction of sp³-hybridized carbons (Fsp3) is 0.936. The number of hydrogen-bond acceptors (Lipinski definition) is 2. The minimum Gasteiger partial charge on any atom is -0.466 e. The lowest BCUT2D eigenvalue weighted by Gasteiger charge is -2.06. The van der Waals surface area contributed by atoms with Gasteiger partial charge in [0.05, 0.1) is 6.61 Å². The second-order valence-electron chi connectivity index (χ2n) is 15.7. The molecule has 0 saturated heterocycles. The second kappa shape index (κ2) is 45.2. The summed E-state index contributed by atoms with van der Waals surface area (Å²) in [6.07, 6.45) is 60.4. The monoisotopic (exact) mass is 689 g/mol. The molecule has 0 bridgehead atoms. The zero-order valence-corrected chi connectivity index (χ0v) is 34.2. The first-order chi connectivity index (χ1) is 24.3. The Kier molecular flexibility index (Phi) is 44.5. The van der Waals surface area contributed by atoms with Gasteiger partial charge in [0.15, 0.2) is 0 Å². The van der Waals surface area contributed by atoms with E-state index in [0.717, 1.165) is 12.8 Å². The van der Waals surface area contributed by atoms with E-state index in [0.29, 0.717) is 13.0 Å². The van der Waals surface area contributed by atoms with Gasteiger partial charge in [-0.3, -0.25) is 4.79 Å². The van der Waals surface area contributed by atoms with Gasteiger partial charge in [0.2, 0.25) is 0 Å². The molecule has 0 spiro atoms. The van der Waals surface area contributed by atoms with E-state index in [9.17, 15) is 4.79 Å². The number of ether oxygens (including phenoxy) is 1. The van der Waals surface area contributed by atoms with Crippen molar-refractivity contribution in [3.05, 3.63) is 12.2 Å². The average Bonchev–Trinajstić information content (AvgIpc) is 3.11. The van der Waals surface area contributed by atoms with Crippen LogP contribution in [0.4, 0.5) is 0 Å². The number of unbranched alkanes of at least 4 members (excludes halogenated alkanes) is 37. The molecule has 49 heavy (non-hydrogen) atoms. The van der Waals surface area contributed by atoms with Crippen LogP contribution in [0.15, 0.2) is 12.2 Å². The number of allylic oxidation sites excluding steroid dienone is 2. The summed E-state index contributed by atoms with van der Waals surface area (Å²) in [5.74, 6) is 0.0251. The van der Waals surface area contributed by atoms with Crippen molar-refractivity contribution < 1.29 is 9.53 Å². The molecule has 0 aliphatic heterocycles. The van der Waals surface area contributed by atoms with E-state index >= 15 is 0 Å². The molecule has 2 nitrogen and oxygen atoms in total. The molecule has 0 heterocycles. The van der Waals surface area contributed by atoms with Crippen molar-refractivity contribution in [2.75, 3.05) is 6.61 Å². The molecule has 0 fully saturated rings. The normalized spacial score (nSPS) is 11.6. The predicted molar refractivity (Wildman–Crippen MR) is 221 cm³/mol. The standard InChI is InChI=1S/C47H92O2/c1-3-5-7-9-11-13-15-17-19-21-22-23-24-25-26-27-28-29-30-31-33-35-37-39-41-43-45-47(48)49-46-44-42-40-38-36-34-32-20-18-16-14-12-10-8-6-4-2/h18,20H,3-17,19,21-46H2,1-2H3/b20-18-. The molecule has 0 saturated carbocycles. The van der Waals surface area contributed by atoms with Crippen molar-refractivity contribution in [3.63, 3.8) is 0 Å². The van der Waals surface area contributed by atoms with Crippen molar-refractivity contribution in [2.45, 2.75) is 277 Å². The fourth-order valence-corrected chi connectivity index (χ4v) is 7.19. The molecular weight excluding hydrogens is 597 g/mol. The molecule has 2 heteroatoms. The van der Waals surface area contributed by atoms with E-state index < -0.39 is 0 Å². The van der Waals surface area contributed by atoms with Crippen LogP contribution in [0, 0.1) is 0 Å². The minimum atomic E-state index is 0.0251. The first-order valence-corrected chi connectivity index (χ1v) is 23.1. The van der Waals surface area contributed by atoms with Crippen LogP contribution in [0.3, 0.4) is 0 Å². The van der Waals surface area contributed by atoms with Crippen molar-refractivity contribution in [3.8, 4) is 0 Å². The maximum atomic E-state index is 12.0. The molecule has 0 rings (SSSR count). The van der Waals surface area contributed by atoms with Gasteiger partial charge in [-0.1, -0.05) is 244 Å². The van der Waals surface area contributed by atoms with E-state index in [1.807, 2.05) is 0 Å². The summed E-state index contributed by atoms with van der Waals surface area (Å²) in [4.78, 5) is 12.0. The maximum absolute atomic E-state index is 12.0. The lowest BCUT2D eigenvalue weighted by atomic mass is 10.0. The van der Waals surface area contributed by atoms with Gasteiger partial charge in [0.25, 0.3) is 0 Å². The summed E-state index contributed by atoms with van der Waals surface area (Å²) < 4.78 is 5.47. The summed E-state index contributed by atoms with van der Waals surface area (Å²) >= 11 is 0. The highest BCUT2D eigenvalue weighted by molar-refractivity contribution is 5.69. The maximum Gasteiger partial charge on any atom is 0.305 e. The van der Waals surface area contributed by atoms with Crippen LogP contribution in [-0.2, 0) is 9.53 Å². The number of carbonyl (C=O) groups is 1. The zero-order valence-electron chi connectivity index (χ0n) is 34.2. The molecule has 0 aromatic carbocycles. The number of hydrogen-bond donors (Lipinski definition) is 0. The van der Waals surface area contributed by atoms with Gasteiger partial charge in [0, 0.05) is 6.42 Å². The Hall–Kier alpha value is -0.790. The average molecular weight is 689 g/mol. The molecule has 0 unspecified atom stereocenters. The largest absolute Gasteiger partial charge is 0.466 e. The van der Waals surface area contributed by atoms with E-state index in [1.165, 1.54) is 244 Å². The molecule has 0 aromatic heterocycles. The molecule has 0 aliphatic rings. The second-order valence-corrected chi connectivity index (χ2v) is 15.7. The molecule has 0 radical (unpaired) electrons. The van der Waals surface area contributed by atoms with E-state index in [1.54, 1.807) is 0 Å². The van der Waals surface area contributed by atoms with Crippen LogP contribution >= 0.6 is 0 Å². The van der Waals surface area contributed by atoms with Crippen LogP contribution in [0.25, 0.3) is 0 Å². The molecule has 0 atom stereocenters. The van der Waals surface area contributed by atoms with Crippen molar-refractivity contribution in [1.29, 1.82) is 0 Å². The third kappa shape index (κ3) is 45.2. The highest BCUT2D eigenvalue weighted by Gasteiger charge is 2.03. The smallest absolute Gasteiger partial charge is 0.305 e. The summed E-state index contributed by atoms with van der Waals surface area (Å²) in [7, 11) is 0. The number of rotatable bonds is 43. The molecule has 0 N–H and O–H groups in total. The lowest BCUT2D eigenvalue weighted by Crippen LogP contribution is -2.05. The molecule has 0 amide bonds. The van der Waals surface area contributed by atoms with Crippen LogP contribution < -0.4 is 0 Å². The highest BCUT2D eigenvalue weighted by Crippen LogP contribution is 2.17. The Morgan fingerprint density at radius 1 is 0.327 bits per heavy atom. The highest BCUT2D eigenvalue weighted by atomic mass is 16.5. The van der Waals surface area contributed by atoms with Gasteiger partial charge in [-0.25, -0.2) is 0 Å². The lowest BCUT2D eigenvalue weighted by molar-refractivity contribution is -0.143. The Balaban J connectivity index is 3.16. The summed E-state index contributed by atoms with van der Waals surface area (Å²) in [5, 5.41) is 0. The van der Waals surface area contributed by atoms with Crippen molar-refractivity contribution in [2.24, 2.45) is 0 Å². The third-order valence-electron chi connectivity index (χ3n) is 10.7. The van der Waals surface area contributed by atoms with Crippen molar-refractivity contribution >= 4 is 5.97 Å². The third-order valence-corrected chi connectivity index (χ3v) is 10.7. The minimum absolute atomic E-state index is 0.0251. The van der Waals surface area contributed by atoms with Gasteiger partial charge in [-0.05, 0) is 38.5 Å². The van der Waals surface area contributed by atoms with Gasteiger partial charge in [-0.15, -0.1) is 0 Å². The Morgan fingerprint density at radius 3 is 0.878 bits per heavy atom. The van der Waals surface area contributed by atoms with Gasteiger partial charge in [-0.2, -0.15) is 0 Å². The quantitative estimate of drug-likeness (QED) is 0.0362. The molecular formula is C47H92O2. The van der Waals surface area contributed by atoms with Crippen LogP contribution in [-0.4, -0.2) is 12.6 Å². The van der Waals surface area contributed by atoms with Crippen molar-refractivity contribution in [1.82, 2.24) is 0 Å². The fourth-order valence-electron chi connectivity index (χ4n) is 7.19. The predicted octanol–water partition coefficient (Wildman–Crippen LogP) is 17.1. The zero-order chi connectivity index (χ0) is 35.4. The Morgan fingerprint density at radius 2 is 0.571 bits per heavy atom. The topological polar surface area (TPSA) is 26.3 Å². The van der Waals surface area contributed by atoms with E-state index in [2.05, 4.69) is 26.0 Å². The van der Waals surface area contributed by atoms with Gasteiger partial charge in [0.1, 0.15) is 0 Å². The van der Waals surface area contributed by atoms with E-state index in [-0.39, 0.29) is 5.97 Å². The SMILES string of the molecule is CCCCCCCC/C=C\CCCCCCCCOC(=O)CCCCCCCCCCCCCCCCCCCCCCCCCCCC. The number of carbonyl (C=O) groups excluding carboxylic acids is 1. The molecule has 0 aromatic rings. The van der Waals surface area contributed by atoms with Gasteiger partial charge >= 0.3 is 5.97 Å². The summed E-state index contributed by atoms with van der Waals surface area (Å²) in [6.45, 7) is 5.21.